The number of unbranched alkanes of at least 4 members (excludes halogenated alkanes) is 9. The first kappa shape index (κ1) is 21.9. The van der Waals surface area contributed by atoms with Crippen LogP contribution in [0.1, 0.15) is 84.5 Å². The maximum absolute atomic E-state index is 11.4. The minimum atomic E-state index is -1.23. The molecule has 5 nitrogen and oxygen atoms in total. The number of hydrogen-bond acceptors (Lipinski definition) is 5. The fourth-order valence-electron chi connectivity index (χ4n) is 2.51. The normalized spacial score (nSPS) is 12.1. The van der Waals surface area contributed by atoms with Crippen LogP contribution in [0.5, 0.6) is 0 Å². The van der Waals surface area contributed by atoms with Crippen molar-refractivity contribution in [3.63, 3.8) is 0 Å². The molecule has 0 radical (unpaired) electrons. The number of carboxylic acid groups (broad SMARTS) is 1. The summed E-state index contributed by atoms with van der Waals surface area (Å²) < 4.78 is 5.20. The van der Waals surface area contributed by atoms with Crippen LogP contribution in [0.3, 0.4) is 0 Å². The molecule has 0 aliphatic heterocycles. The molecular formula is C18H34NO4-. The van der Waals surface area contributed by atoms with E-state index in [0.717, 1.165) is 12.8 Å². The van der Waals surface area contributed by atoms with Gasteiger partial charge in [-0.2, -0.15) is 0 Å². The van der Waals surface area contributed by atoms with Gasteiger partial charge in [-0.1, -0.05) is 64.7 Å². The summed E-state index contributed by atoms with van der Waals surface area (Å²) in [6.45, 7) is 3.70. The number of nitrogens with one attached hydrogen (secondary N) is 1. The van der Waals surface area contributed by atoms with Crippen LogP contribution in [0.25, 0.3) is 0 Å². The lowest BCUT2D eigenvalue weighted by Crippen LogP contribution is -2.37. The van der Waals surface area contributed by atoms with E-state index in [4.69, 9.17) is 4.74 Å². The molecule has 1 unspecified atom stereocenters. The molecule has 23 heavy (non-hydrogen) atoms. The van der Waals surface area contributed by atoms with Crippen molar-refractivity contribution in [2.24, 2.45) is 0 Å². The summed E-state index contributed by atoms with van der Waals surface area (Å²) >= 11 is 0. The second-order valence-corrected chi connectivity index (χ2v) is 6.25. The minimum Gasteiger partial charge on any atom is -0.549 e. The Hall–Kier alpha value is -1.10. The molecular weight excluding hydrogens is 294 g/mol. The van der Waals surface area contributed by atoms with Gasteiger partial charge in [-0.15, -0.1) is 0 Å². The molecule has 0 rings (SSSR count). The number of esters is 1. The molecule has 0 bridgehead atoms. The van der Waals surface area contributed by atoms with Crippen LogP contribution in [0.15, 0.2) is 0 Å². The summed E-state index contributed by atoms with van der Waals surface area (Å²) in [5.41, 5.74) is 0. The average molecular weight is 328 g/mol. The van der Waals surface area contributed by atoms with E-state index in [1.807, 2.05) is 6.92 Å². The molecule has 0 amide bonds. The lowest BCUT2D eigenvalue weighted by atomic mass is 10.0. The summed E-state index contributed by atoms with van der Waals surface area (Å²) in [4.78, 5) is 21.6. The van der Waals surface area contributed by atoms with E-state index >= 15 is 0 Å². The minimum absolute atomic E-state index is 0.0870. The summed E-state index contributed by atoms with van der Waals surface area (Å²) in [5.74, 6) is -1.64. The third-order valence-electron chi connectivity index (χ3n) is 3.84. The van der Waals surface area contributed by atoms with Gasteiger partial charge in [-0.25, -0.2) is 0 Å². The van der Waals surface area contributed by atoms with E-state index in [2.05, 4.69) is 12.2 Å². The second-order valence-electron chi connectivity index (χ2n) is 6.25. The number of carboxylic acids is 1. The molecule has 0 aliphatic rings. The smallest absolute Gasteiger partial charge is 0.320 e. The highest BCUT2D eigenvalue weighted by atomic mass is 16.5. The van der Waals surface area contributed by atoms with Gasteiger partial charge >= 0.3 is 5.97 Å². The molecule has 0 saturated carbocycles. The Labute approximate surface area is 141 Å². The Balaban J connectivity index is 3.34. The maximum atomic E-state index is 11.4. The average Bonchev–Trinajstić information content (AvgIpc) is 2.48. The van der Waals surface area contributed by atoms with E-state index < -0.39 is 11.9 Å². The Morgan fingerprint density at radius 2 is 1.43 bits per heavy atom. The number of rotatable bonds is 16. The Morgan fingerprint density at radius 3 is 1.96 bits per heavy atom. The largest absolute Gasteiger partial charge is 0.549 e. The molecule has 1 N–H and O–H groups in total. The zero-order valence-electron chi connectivity index (χ0n) is 14.9. The number of carbonyl (C=O) groups is 2. The van der Waals surface area contributed by atoms with E-state index in [1.54, 1.807) is 0 Å². The molecule has 0 spiro atoms. The van der Waals surface area contributed by atoms with Crippen molar-refractivity contribution >= 4 is 11.9 Å². The molecule has 0 heterocycles. The fraction of sp³-hybridized carbons (Fsp3) is 0.889. The molecule has 0 aromatic carbocycles. The van der Waals surface area contributed by atoms with Crippen LogP contribution >= 0.6 is 0 Å². The molecule has 1 atom stereocenters. The Bertz CT molecular complexity index is 307. The van der Waals surface area contributed by atoms with Gasteiger partial charge in [0, 0.05) is 6.54 Å². The van der Waals surface area contributed by atoms with E-state index in [1.165, 1.54) is 57.8 Å². The third kappa shape index (κ3) is 17.1. The van der Waals surface area contributed by atoms with Crippen LogP contribution < -0.4 is 10.4 Å². The summed E-state index contributed by atoms with van der Waals surface area (Å²) in [6.07, 6.45) is 13.6. The highest BCUT2D eigenvalue weighted by Crippen LogP contribution is 2.12. The van der Waals surface area contributed by atoms with Crippen molar-refractivity contribution in [1.82, 2.24) is 5.32 Å². The van der Waals surface area contributed by atoms with Crippen LogP contribution in [0.4, 0.5) is 0 Å². The monoisotopic (exact) mass is 328 g/mol. The summed E-state index contributed by atoms with van der Waals surface area (Å²) in [7, 11) is 0. The van der Waals surface area contributed by atoms with Gasteiger partial charge in [0.25, 0.3) is 0 Å². The van der Waals surface area contributed by atoms with E-state index in [9.17, 15) is 14.7 Å². The van der Waals surface area contributed by atoms with Crippen molar-refractivity contribution in [2.45, 2.75) is 90.6 Å². The SMILES string of the molecule is CCCCCCCCCCCCC(C)OC(=O)CNCC(=O)[O-]. The summed E-state index contributed by atoms with van der Waals surface area (Å²) in [5, 5.41) is 12.7. The highest BCUT2D eigenvalue weighted by Gasteiger charge is 2.08. The molecule has 0 saturated heterocycles. The first-order chi connectivity index (χ1) is 11.1. The topological polar surface area (TPSA) is 78.5 Å². The fourth-order valence-corrected chi connectivity index (χ4v) is 2.51. The number of ether oxygens (including phenoxy) is 1. The predicted octanol–water partition coefficient (Wildman–Crippen LogP) is 2.57. The van der Waals surface area contributed by atoms with Gasteiger partial charge in [0.2, 0.25) is 0 Å². The van der Waals surface area contributed by atoms with Gasteiger partial charge in [0.05, 0.1) is 18.6 Å². The highest BCUT2D eigenvalue weighted by molar-refractivity contribution is 5.73. The lowest BCUT2D eigenvalue weighted by molar-refractivity contribution is -0.304. The van der Waals surface area contributed by atoms with E-state index in [0.29, 0.717) is 0 Å². The zero-order chi connectivity index (χ0) is 17.3. The standard InChI is InChI=1S/C18H35NO4/c1-3-4-5-6-7-8-9-10-11-12-13-16(2)23-18(22)15-19-14-17(20)21/h16,19H,3-15H2,1-2H3,(H,20,21)/p-1. The lowest BCUT2D eigenvalue weighted by Gasteiger charge is -2.13. The van der Waals surface area contributed by atoms with Crippen LogP contribution in [-0.2, 0) is 14.3 Å². The van der Waals surface area contributed by atoms with Gasteiger partial charge in [0.1, 0.15) is 0 Å². The first-order valence-corrected chi connectivity index (χ1v) is 9.16. The van der Waals surface area contributed by atoms with Crippen molar-refractivity contribution < 1.29 is 19.4 Å². The third-order valence-corrected chi connectivity index (χ3v) is 3.84. The molecule has 0 aromatic heterocycles. The van der Waals surface area contributed by atoms with Crippen LogP contribution in [0.2, 0.25) is 0 Å². The summed E-state index contributed by atoms with van der Waals surface area (Å²) in [6, 6.07) is 0. The number of hydrogen-bond donors (Lipinski definition) is 1. The van der Waals surface area contributed by atoms with Crippen LogP contribution in [-0.4, -0.2) is 31.1 Å². The first-order valence-electron chi connectivity index (χ1n) is 9.16. The number of aliphatic carboxylic acids is 1. The second kappa shape index (κ2) is 15.8. The van der Waals surface area contributed by atoms with Gasteiger partial charge in [0.15, 0.2) is 0 Å². The molecule has 0 fully saturated rings. The Kier molecular flexibility index (Phi) is 15.0. The van der Waals surface area contributed by atoms with Gasteiger partial charge in [-0.3, -0.25) is 4.79 Å². The predicted molar refractivity (Wildman–Crippen MR) is 89.9 cm³/mol. The maximum Gasteiger partial charge on any atom is 0.320 e. The van der Waals surface area contributed by atoms with Crippen molar-refractivity contribution in [2.75, 3.05) is 13.1 Å². The van der Waals surface area contributed by atoms with E-state index in [-0.39, 0.29) is 19.2 Å². The molecule has 0 aromatic rings. The van der Waals surface area contributed by atoms with Crippen molar-refractivity contribution in [3.8, 4) is 0 Å². The van der Waals surface area contributed by atoms with Crippen LogP contribution in [0, 0.1) is 0 Å². The quantitative estimate of drug-likeness (QED) is 0.348. The molecule has 5 heteroatoms. The van der Waals surface area contributed by atoms with Gasteiger partial charge in [-0.05, 0) is 19.8 Å². The van der Waals surface area contributed by atoms with Crippen molar-refractivity contribution in [3.05, 3.63) is 0 Å². The number of carbonyl (C=O) groups excluding carboxylic acids is 2. The van der Waals surface area contributed by atoms with Gasteiger partial charge < -0.3 is 20.0 Å². The Morgan fingerprint density at radius 1 is 0.913 bits per heavy atom. The van der Waals surface area contributed by atoms with Crippen molar-refractivity contribution in [1.29, 1.82) is 0 Å². The molecule has 136 valence electrons. The zero-order valence-corrected chi connectivity index (χ0v) is 14.9. The molecule has 0 aliphatic carbocycles.